The first-order chi connectivity index (χ1) is 11.8. The molecule has 0 spiro atoms. The molecule has 26 heavy (non-hydrogen) atoms. The molecular formula is C16H12Br2N3NaO3S. The van der Waals surface area contributed by atoms with Crippen LogP contribution in [0.3, 0.4) is 0 Å². The fourth-order valence-corrected chi connectivity index (χ4v) is 4.16. The molecule has 10 heteroatoms. The molecule has 0 heterocycles. The zero-order valence-corrected chi connectivity index (χ0v) is 19.5. The Balaban J connectivity index is 0.00000182. The van der Waals surface area contributed by atoms with Crippen LogP contribution in [0.2, 0.25) is 0 Å². The van der Waals surface area contributed by atoms with Crippen molar-refractivity contribution in [3.63, 3.8) is 0 Å². The van der Waals surface area contributed by atoms with Crippen LogP contribution < -0.4 is 35.3 Å². The van der Waals surface area contributed by atoms with Crippen LogP contribution in [-0.4, -0.2) is 13.0 Å². The second-order valence-corrected chi connectivity index (χ2v) is 8.28. The van der Waals surface area contributed by atoms with E-state index in [2.05, 4.69) is 42.1 Å². The summed E-state index contributed by atoms with van der Waals surface area (Å²) < 4.78 is 34.5. The number of benzene rings is 3. The van der Waals surface area contributed by atoms with Crippen LogP contribution in [-0.2, 0) is 10.1 Å². The number of nitrogens with two attached hydrogens (primary N) is 1. The number of halogens is 2. The molecule has 0 saturated heterocycles. The van der Waals surface area contributed by atoms with Crippen molar-refractivity contribution in [2.45, 2.75) is 4.90 Å². The number of azo groups is 1. The van der Waals surface area contributed by atoms with Crippen molar-refractivity contribution in [3.8, 4) is 0 Å². The third-order valence-corrected chi connectivity index (χ3v) is 5.50. The Bertz CT molecular complexity index is 1130. The largest absolute Gasteiger partial charge is 1.00 e. The Kier molecular flexibility index (Phi) is 7.00. The van der Waals surface area contributed by atoms with E-state index in [4.69, 9.17) is 5.73 Å². The van der Waals surface area contributed by atoms with Gasteiger partial charge in [-0.15, -0.1) is 10.2 Å². The van der Waals surface area contributed by atoms with Crippen molar-refractivity contribution in [1.82, 2.24) is 0 Å². The second kappa shape index (κ2) is 8.47. The van der Waals surface area contributed by atoms with E-state index in [0.717, 1.165) is 4.47 Å². The van der Waals surface area contributed by atoms with Gasteiger partial charge in [0.25, 0.3) is 10.1 Å². The van der Waals surface area contributed by atoms with Crippen LogP contribution in [0.4, 0.5) is 17.1 Å². The van der Waals surface area contributed by atoms with Gasteiger partial charge in [-0.25, -0.2) is 0 Å². The molecule has 0 aliphatic carbocycles. The molecule has 0 fully saturated rings. The summed E-state index contributed by atoms with van der Waals surface area (Å²) in [7, 11) is -4.44. The molecule has 3 rings (SSSR count). The van der Waals surface area contributed by atoms with Gasteiger partial charge in [0, 0.05) is 19.7 Å². The van der Waals surface area contributed by atoms with Gasteiger partial charge in [0.1, 0.15) is 10.6 Å². The quantitative estimate of drug-likeness (QED) is 0.245. The minimum atomic E-state index is -4.44. The minimum absolute atomic E-state index is 0. The summed E-state index contributed by atoms with van der Waals surface area (Å²) in [6, 6.07) is 13.2. The monoisotopic (exact) mass is 507 g/mol. The number of anilines is 1. The molecule has 0 atom stereocenters. The molecule has 6 nitrogen and oxygen atoms in total. The van der Waals surface area contributed by atoms with Crippen LogP contribution in [0, 0.1) is 0 Å². The zero-order chi connectivity index (χ0) is 18.2. The molecule has 0 aliphatic heterocycles. The average Bonchev–Trinajstić information content (AvgIpc) is 2.54. The van der Waals surface area contributed by atoms with E-state index in [0.29, 0.717) is 20.9 Å². The first-order valence-electron chi connectivity index (χ1n) is 6.93. The maximum absolute atomic E-state index is 11.7. The van der Waals surface area contributed by atoms with E-state index in [-0.39, 0.29) is 47.3 Å². The van der Waals surface area contributed by atoms with E-state index in [1.54, 1.807) is 36.4 Å². The minimum Gasteiger partial charge on any atom is -1.00 e. The van der Waals surface area contributed by atoms with Gasteiger partial charge in [-0.05, 0) is 40.2 Å². The summed E-state index contributed by atoms with van der Waals surface area (Å²) in [5.41, 5.74) is 7.09. The Morgan fingerprint density at radius 2 is 1.58 bits per heavy atom. The smallest absolute Gasteiger partial charge is 1.00 e. The van der Waals surface area contributed by atoms with Crippen LogP contribution in [0.15, 0.2) is 72.6 Å². The van der Waals surface area contributed by atoms with Crippen LogP contribution >= 0.6 is 31.9 Å². The maximum atomic E-state index is 11.7. The summed E-state index contributed by atoms with van der Waals surface area (Å²) in [5, 5.41) is 8.98. The normalized spacial score (nSPS) is 11.7. The van der Waals surface area contributed by atoms with Crippen molar-refractivity contribution in [2.75, 3.05) is 5.73 Å². The van der Waals surface area contributed by atoms with Gasteiger partial charge in [0.15, 0.2) is 0 Å². The first-order valence-corrected chi connectivity index (χ1v) is 9.95. The molecule has 0 aromatic heterocycles. The van der Waals surface area contributed by atoms with E-state index in [1.807, 2.05) is 6.07 Å². The van der Waals surface area contributed by atoms with Gasteiger partial charge in [0.05, 0.1) is 11.4 Å². The number of rotatable bonds is 3. The third kappa shape index (κ3) is 4.53. The molecule has 3 aromatic carbocycles. The number of nitrogens with zero attached hydrogens (tertiary/aromatic N) is 2. The van der Waals surface area contributed by atoms with E-state index < -0.39 is 10.1 Å². The standard InChI is InChI=1S/C16H11Br2N3O3S.Na.H/c17-9-5-6-13(12(18)7-9)20-21-14-8-15(25(22,23)24)10-3-1-2-4-11(10)16(14)19;;/h1-8H,19H2,(H,22,23,24);;/q;+1;-1. The second-order valence-electron chi connectivity index (χ2n) is 5.12. The van der Waals surface area contributed by atoms with Gasteiger partial charge < -0.3 is 7.16 Å². The van der Waals surface area contributed by atoms with Gasteiger partial charge in [-0.1, -0.05) is 40.2 Å². The molecule has 0 aliphatic rings. The van der Waals surface area contributed by atoms with Gasteiger partial charge >= 0.3 is 29.6 Å². The predicted molar refractivity (Wildman–Crippen MR) is 105 cm³/mol. The number of nitrogen functional groups attached to an aromatic ring is 1. The maximum Gasteiger partial charge on any atom is 1.00 e. The molecule has 3 N–H and O–H groups in total. The molecular weight excluding hydrogens is 497 g/mol. The fraction of sp³-hybridized carbons (Fsp3) is 0. The van der Waals surface area contributed by atoms with Gasteiger partial charge in [0.2, 0.25) is 0 Å². The van der Waals surface area contributed by atoms with Crippen molar-refractivity contribution >= 4 is 69.8 Å². The van der Waals surface area contributed by atoms with Crippen molar-refractivity contribution < 1.29 is 44.0 Å². The SMILES string of the molecule is Nc1c(N=Nc2ccc(Br)cc2Br)cc(S(=O)(=O)O)c2ccccc12.[H-].[Na+]. The Morgan fingerprint density at radius 1 is 0.962 bits per heavy atom. The average molecular weight is 509 g/mol. The number of hydrogen-bond donors (Lipinski definition) is 2. The summed E-state index contributed by atoms with van der Waals surface area (Å²) in [5.74, 6) is 0. The van der Waals surface area contributed by atoms with Crippen molar-refractivity contribution in [3.05, 3.63) is 57.5 Å². The zero-order valence-electron chi connectivity index (χ0n) is 14.5. The molecule has 0 bridgehead atoms. The summed E-state index contributed by atoms with van der Waals surface area (Å²) in [4.78, 5) is -0.263. The third-order valence-electron chi connectivity index (χ3n) is 3.48. The Hall–Kier alpha value is -0.810. The molecule has 0 amide bonds. The van der Waals surface area contributed by atoms with Crippen LogP contribution in [0.5, 0.6) is 0 Å². The van der Waals surface area contributed by atoms with E-state index in [1.165, 1.54) is 6.07 Å². The molecule has 3 aromatic rings. The van der Waals surface area contributed by atoms with Crippen molar-refractivity contribution in [2.24, 2.45) is 10.2 Å². The number of fused-ring (bicyclic) bond motifs is 1. The first kappa shape index (κ1) is 21.5. The van der Waals surface area contributed by atoms with Crippen LogP contribution in [0.1, 0.15) is 1.43 Å². The Labute approximate surface area is 190 Å². The number of hydrogen-bond acceptors (Lipinski definition) is 5. The summed E-state index contributed by atoms with van der Waals surface area (Å²) in [6.45, 7) is 0. The predicted octanol–water partition coefficient (Wildman–Crippen LogP) is 2.73. The van der Waals surface area contributed by atoms with Crippen LogP contribution in [0.25, 0.3) is 10.8 Å². The van der Waals surface area contributed by atoms with E-state index >= 15 is 0 Å². The molecule has 0 saturated carbocycles. The Morgan fingerprint density at radius 3 is 2.19 bits per heavy atom. The summed E-state index contributed by atoms with van der Waals surface area (Å²) in [6.07, 6.45) is 0. The summed E-state index contributed by atoms with van der Waals surface area (Å²) >= 11 is 6.72. The molecule has 130 valence electrons. The fourth-order valence-electron chi connectivity index (χ4n) is 2.32. The van der Waals surface area contributed by atoms with Gasteiger partial charge in [-0.3, -0.25) is 4.55 Å². The molecule has 0 unspecified atom stereocenters. The topological polar surface area (TPSA) is 105 Å². The molecule has 0 radical (unpaired) electrons. The van der Waals surface area contributed by atoms with Gasteiger partial charge in [-0.2, -0.15) is 8.42 Å². The van der Waals surface area contributed by atoms with E-state index in [9.17, 15) is 13.0 Å². The van der Waals surface area contributed by atoms with Crippen molar-refractivity contribution in [1.29, 1.82) is 0 Å².